The molecule has 0 fully saturated rings. The quantitative estimate of drug-likeness (QED) is 0.147. The smallest absolute Gasteiger partial charge is 0.0713 e. The Morgan fingerprint density at radius 1 is 0.313 bits per heavy atom. The van der Waals surface area contributed by atoms with Crippen molar-refractivity contribution in [1.82, 2.24) is 0 Å². The first kappa shape index (κ1) is 39.1. The molecule has 11 aromatic carbocycles. The summed E-state index contributed by atoms with van der Waals surface area (Å²) in [4.78, 5) is 2.49. The van der Waals surface area contributed by atoms with E-state index in [1.807, 2.05) is 11.3 Å². The molecular formula is C65H43NS. The summed E-state index contributed by atoms with van der Waals surface area (Å²) in [6, 6.07) is 96.4. The number of hydrogen-bond acceptors (Lipinski definition) is 2. The minimum atomic E-state index is -0.496. The summed E-state index contributed by atoms with van der Waals surface area (Å²) in [6.07, 6.45) is 0. The fourth-order valence-corrected chi connectivity index (χ4v) is 12.2. The largest absolute Gasteiger partial charge is 0.310 e. The molecule has 13 rings (SSSR count). The molecule has 1 aromatic heterocycles. The van der Waals surface area contributed by atoms with Crippen LogP contribution in [-0.2, 0) is 5.41 Å². The van der Waals surface area contributed by atoms with Crippen LogP contribution in [-0.4, -0.2) is 0 Å². The highest BCUT2D eigenvalue weighted by Crippen LogP contribution is 2.57. The van der Waals surface area contributed by atoms with Crippen LogP contribution in [0.1, 0.15) is 22.3 Å². The summed E-state index contributed by atoms with van der Waals surface area (Å²) in [5, 5.41) is 5.03. The summed E-state index contributed by atoms with van der Waals surface area (Å²) in [5.74, 6) is 0. The van der Waals surface area contributed by atoms with Gasteiger partial charge >= 0.3 is 0 Å². The molecule has 67 heavy (non-hydrogen) atoms. The van der Waals surface area contributed by atoms with E-state index in [1.54, 1.807) is 0 Å². The number of hydrogen-bond donors (Lipinski definition) is 0. The van der Waals surface area contributed by atoms with Crippen molar-refractivity contribution in [2.75, 3.05) is 4.90 Å². The summed E-state index contributed by atoms with van der Waals surface area (Å²) in [7, 11) is 0. The molecule has 1 nitrogen and oxygen atoms in total. The van der Waals surface area contributed by atoms with Gasteiger partial charge in [0.15, 0.2) is 0 Å². The molecule has 1 aliphatic carbocycles. The average molecular weight is 870 g/mol. The van der Waals surface area contributed by atoms with E-state index in [-0.39, 0.29) is 0 Å². The van der Waals surface area contributed by atoms with Crippen LogP contribution >= 0.6 is 11.3 Å². The first-order valence-corrected chi connectivity index (χ1v) is 23.9. The molecule has 0 atom stereocenters. The highest BCUT2D eigenvalue weighted by atomic mass is 32.1. The van der Waals surface area contributed by atoms with E-state index in [0.29, 0.717) is 0 Å². The maximum atomic E-state index is 2.49. The monoisotopic (exact) mass is 869 g/mol. The Bertz CT molecular complexity index is 3740. The lowest BCUT2D eigenvalue weighted by atomic mass is 9.68. The Hall–Kier alpha value is -8.30. The lowest BCUT2D eigenvalue weighted by Crippen LogP contribution is -2.28. The van der Waals surface area contributed by atoms with Crippen molar-refractivity contribution in [3.05, 3.63) is 283 Å². The van der Waals surface area contributed by atoms with E-state index in [2.05, 4.69) is 266 Å². The molecule has 0 unspecified atom stereocenters. The van der Waals surface area contributed by atoms with Crippen LogP contribution in [0.5, 0.6) is 0 Å². The molecule has 0 spiro atoms. The Morgan fingerprint density at radius 3 is 1.55 bits per heavy atom. The van der Waals surface area contributed by atoms with Crippen molar-refractivity contribution < 1.29 is 0 Å². The molecule has 0 saturated heterocycles. The molecule has 12 aromatic rings. The van der Waals surface area contributed by atoms with Gasteiger partial charge in [-0.1, -0.05) is 218 Å². The topological polar surface area (TPSA) is 3.24 Å². The van der Waals surface area contributed by atoms with E-state index in [0.717, 1.165) is 17.1 Å². The van der Waals surface area contributed by atoms with E-state index in [4.69, 9.17) is 0 Å². The second-order valence-electron chi connectivity index (χ2n) is 17.5. The van der Waals surface area contributed by atoms with Gasteiger partial charge in [-0.2, -0.15) is 0 Å². The number of rotatable bonds is 8. The van der Waals surface area contributed by atoms with Gasteiger partial charge in [-0.05, 0) is 114 Å². The number of benzene rings is 11. The van der Waals surface area contributed by atoms with Gasteiger partial charge < -0.3 is 4.90 Å². The van der Waals surface area contributed by atoms with E-state index in [9.17, 15) is 0 Å². The highest BCUT2D eigenvalue weighted by molar-refractivity contribution is 7.25. The van der Waals surface area contributed by atoms with Crippen LogP contribution in [0.2, 0.25) is 0 Å². The second-order valence-corrected chi connectivity index (χ2v) is 18.6. The Labute approximate surface area is 395 Å². The summed E-state index contributed by atoms with van der Waals surface area (Å²) in [5.41, 5.74) is 17.7. The molecule has 1 heterocycles. The maximum absolute atomic E-state index is 2.49. The van der Waals surface area contributed by atoms with Crippen molar-refractivity contribution in [1.29, 1.82) is 0 Å². The first-order chi connectivity index (χ1) is 33.3. The lowest BCUT2D eigenvalue weighted by Gasteiger charge is -2.35. The van der Waals surface area contributed by atoms with Crippen molar-refractivity contribution in [3.8, 4) is 44.5 Å². The van der Waals surface area contributed by atoms with Crippen LogP contribution < -0.4 is 4.90 Å². The highest BCUT2D eigenvalue weighted by Gasteiger charge is 2.45. The zero-order valence-electron chi connectivity index (χ0n) is 36.7. The van der Waals surface area contributed by atoms with Crippen molar-refractivity contribution in [2.45, 2.75) is 5.41 Å². The zero-order valence-corrected chi connectivity index (χ0v) is 37.5. The van der Waals surface area contributed by atoms with Crippen LogP contribution in [0.4, 0.5) is 17.1 Å². The fraction of sp³-hybridized carbons (Fsp3) is 0.0154. The predicted molar refractivity (Wildman–Crippen MR) is 285 cm³/mol. The number of nitrogens with zero attached hydrogens (tertiary/aromatic N) is 1. The van der Waals surface area contributed by atoms with Gasteiger partial charge in [0.2, 0.25) is 0 Å². The third-order valence-corrected chi connectivity index (χ3v) is 15.1. The minimum Gasteiger partial charge on any atom is -0.310 e. The lowest BCUT2D eigenvalue weighted by molar-refractivity contribution is 0.768. The number of anilines is 3. The summed E-state index contributed by atoms with van der Waals surface area (Å²) >= 11 is 1.87. The van der Waals surface area contributed by atoms with Gasteiger partial charge in [0.05, 0.1) is 11.1 Å². The number of thiophene rings is 1. The van der Waals surface area contributed by atoms with E-state index < -0.39 is 5.41 Å². The third-order valence-electron chi connectivity index (χ3n) is 14.0. The predicted octanol–water partition coefficient (Wildman–Crippen LogP) is 18.0. The Balaban J connectivity index is 1.08. The van der Waals surface area contributed by atoms with Gasteiger partial charge in [0.1, 0.15) is 0 Å². The average Bonchev–Trinajstić information content (AvgIpc) is 3.94. The number of fused-ring (bicyclic) bond motifs is 7. The zero-order chi connectivity index (χ0) is 44.3. The molecule has 0 bridgehead atoms. The normalized spacial score (nSPS) is 12.6. The fourth-order valence-electron chi connectivity index (χ4n) is 11.1. The first-order valence-electron chi connectivity index (χ1n) is 23.1. The van der Waals surface area contributed by atoms with Crippen LogP contribution in [0, 0.1) is 0 Å². The summed E-state index contributed by atoms with van der Waals surface area (Å²) in [6.45, 7) is 0. The van der Waals surface area contributed by atoms with Gasteiger partial charge in [-0.15, -0.1) is 11.3 Å². The maximum Gasteiger partial charge on any atom is 0.0713 e. The van der Waals surface area contributed by atoms with Crippen molar-refractivity contribution in [2.24, 2.45) is 0 Å². The van der Waals surface area contributed by atoms with E-state index >= 15 is 0 Å². The molecule has 0 aliphatic heterocycles. The molecular weight excluding hydrogens is 827 g/mol. The van der Waals surface area contributed by atoms with Gasteiger partial charge in [0.25, 0.3) is 0 Å². The third kappa shape index (κ3) is 6.22. The van der Waals surface area contributed by atoms with Crippen LogP contribution in [0.25, 0.3) is 75.5 Å². The standard InChI is InChI=1S/C65H43NS/c1-3-18-44(19-4-1)45-36-40-49(41-37-45)66(50-42-38-48(39-43-50)65(47-22-5-2-6-23-47)58-31-12-9-25-53(58)54-26-10-13-32-59(54)65)60-33-16-29-55(52-28-15-21-46-20-7-8-24-51(46)52)63(60)57-30-17-35-62-64(57)56-27-11-14-34-61(56)67-62/h1-43H. The SMILES string of the molecule is c1ccc(-c2ccc(N(c3ccc(C4(c5ccccc5)c5ccccc5-c5ccccc54)cc3)c3cccc(-c4cccc5ccccc45)c3-c3cccc4sc5ccccc5c34)cc2)cc1. The molecule has 2 heteroatoms. The van der Waals surface area contributed by atoms with Gasteiger partial charge in [0, 0.05) is 37.1 Å². The van der Waals surface area contributed by atoms with Crippen molar-refractivity contribution in [3.63, 3.8) is 0 Å². The molecule has 314 valence electrons. The molecule has 0 radical (unpaired) electrons. The second kappa shape index (κ2) is 16.0. The van der Waals surface area contributed by atoms with E-state index in [1.165, 1.54) is 97.7 Å². The van der Waals surface area contributed by atoms with Crippen LogP contribution in [0.3, 0.4) is 0 Å². The van der Waals surface area contributed by atoms with Gasteiger partial charge in [-0.3, -0.25) is 0 Å². The molecule has 0 N–H and O–H groups in total. The summed E-state index contributed by atoms with van der Waals surface area (Å²) < 4.78 is 2.57. The van der Waals surface area contributed by atoms with Gasteiger partial charge in [-0.25, -0.2) is 0 Å². The minimum absolute atomic E-state index is 0.496. The Morgan fingerprint density at radius 2 is 0.806 bits per heavy atom. The molecule has 0 amide bonds. The Kier molecular flexibility index (Phi) is 9.33. The van der Waals surface area contributed by atoms with Crippen molar-refractivity contribution >= 4 is 59.3 Å². The van der Waals surface area contributed by atoms with Crippen LogP contribution in [0.15, 0.2) is 261 Å². The molecule has 1 aliphatic rings. The molecule has 0 saturated carbocycles.